The molecule has 40 heavy (non-hydrogen) atoms. The Labute approximate surface area is 234 Å². The average molecular weight is 554 g/mol. The molecule has 0 radical (unpaired) electrons. The fourth-order valence-corrected chi connectivity index (χ4v) is 4.10. The van der Waals surface area contributed by atoms with Crippen LogP contribution < -0.4 is 27.4 Å². The molecule has 11 heteroatoms. The van der Waals surface area contributed by atoms with Crippen LogP contribution in [0.5, 0.6) is 0 Å². The van der Waals surface area contributed by atoms with Crippen LogP contribution in [0.15, 0.2) is 60.7 Å². The molecule has 0 aliphatic heterocycles. The zero-order chi connectivity index (χ0) is 29.7. The van der Waals surface area contributed by atoms with Crippen molar-refractivity contribution in [1.29, 1.82) is 0 Å². The Kier molecular flexibility index (Phi) is 12.8. The second-order valence-electron chi connectivity index (χ2n) is 10.1. The number of carbonyl (C=O) groups excluding carboxylic acids is 4. The van der Waals surface area contributed by atoms with Crippen LogP contribution in [0.4, 0.5) is 0 Å². The number of carboxylic acid groups (broad SMARTS) is 1. The predicted molar refractivity (Wildman–Crippen MR) is 150 cm³/mol. The van der Waals surface area contributed by atoms with Crippen molar-refractivity contribution in [2.75, 3.05) is 0 Å². The minimum Gasteiger partial charge on any atom is -0.480 e. The molecule has 0 spiro atoms. The van der Waals surface area contributed by atoms with Gasteiger partial charge in [-0.15, -0.1) is 0 Å². The van der Waals surface area contributed by atoms with E-state index in [1.54, 1.807) is 54.6 Å². The molecule has 0 heterocycles. The summed E-state index contributed by atoms with van der Waals surface area (Å²) < 4.78 is 0. The number of nitrogens with two attached hydrogens (primary N) is 2. The predicted octanol–water partition coefficient (Wildman–Crippen LogP) is 0.650. The van der Waals surface area contributed by atoms with E-state index in [0.717, 1.165) is 5.56 Å². The van der Waals surface area contributed by atoms with Gasteiger partial charge in [-0.2, -0.15) is 0 Å². The van der Waals surface area contributed by atoms with Crippen LogP contribution in [0.2, 0.25) is 0 Å². The molecule has 2 aromatic rings. The van der Waals surface area contributed by atoms with Gasteiger partial charge in [0.05, 0.1) is 6.04 Å². The van der Waals surface area contributed by atoms with Crippen LogP contribution in [0, 0.1) is 5.92 Å². The number of nitrogens with one attached hydrogen (secondary N) is 3. The monoisotopic (exact) mass is 553 g/mol. The Balaban J connectivity index is 2.23. The first kappa shape index (κ1) is 32.0. The van der Waals surface area contributed by atoms with Gasteiger partial charge in [-0.1, -0.05) is 74.5 Å². The standard InChI is InChI=1S/C29H39N5O6/c1-18(2)15-21(30)26(36)33-23(16-19-9-5-3-6-10-19)28(38)32-22(13-14-25(31)35)27(37)34-24(29(39)40)17-20-11-7-4-8-12-20/h3-12,18,21-24H,13-17,30H2,1-2H3,(H2,31,35)(H,32,38)(H,33,36)(H,34,37)(H,39,40). The molecule has 0 aliphatic carbocycles. The lowest BCUT2D eigenvalue weighted by molar-refractivity contribution is -0.142. The fourth-order valence-electron chi connectivity index (χ4n) is 4.10. The van der Waals surface area contributed by atoms with Crippen molar-refractivity contribution in [2.45, 2.75) is 70.1 Å². The molecule has 0 saturated heterocycles. The van der Waals surface area contributed by atoms with Crippen LogP contribution in [-0.2, 0) is 36.8 Å². The van der Waals surface area contributed by atoms with Gasteiger partial charge in [-0.25, -0.2) is 4.79 Å². The van der Waals surface area contributed by atoms with Crippen molar-refractivity contribution in [3.05, 3.63) is 71.8 Å². The van der Waals surface area contributed by atoms with Crippen molar-refractivity contribution in [3.63, 3.8) is 0 Å². The number of rotatable bonds is 16. The van der Waals surface area contributed by atoms with E-state index < -0.39 is 53.8 Å². The van der Waals surface area contributed by atoms with Crippen molar-refractivity contribution >= 4 is 29.6 Å². The summed E-state index contributed by atoms with van der Waals surface area (Å²) in [6.45, 7) is 3.84. The first-order valence-corrected chi connectivity index (χ1v) is 13.2. The lowest BCUT2D eigenvalue weighted by atomic mass is 10.0. The smallest absolute Gasteiger partial charge is 0.326 e. The lowest BCUT2D eigenvalue weighted by Crippen LogP contribution is -2.58. The quantitative estimate of drug-likeness (QED) is 0.176. The van der Waals surface area contributed by atoms with Gasteiger partial charge in [-0.3, -0.25) is 19.2 Å². The molecule has 0 saturated carbocycles. The fraction of sp³-hybridized carbons (Fsp3) is 0.414. The van der Waals surface area contributed by atoms with Gasteiger partial charge in [0.1, 0.15) is 18.1 Å². The second-order valence-corrected chi connectivity index (χ2v) is 10.1. The van der Waals surface area contributed by atoms with E-state index in [0.29, 0.717) is 12.0 Å². The molecule has 2 aromatic carbocycles. The third kappa shape index (κ3) is 11.2. The van der Waals surface area contributed by atoms with Gasteiger partial charge in [0, 0.05) is 19.3 Å². The highest BCUT2D eigenvalue weighted by Crippen LogP contribution is 2.09. The summed E-state index contributed by atoms with van der Waals surface area (Å²) in [6.07, 6.45) is 0.141. The highest BCUT2D eigenvalue weighted by atomic mass is 16.4. The van der Waals surface area contributed by atoms with Gasteiger partial charge in [0.25, 0.3) is 0 Å². The second kappa shape index (κ2) is 16.0. The Bertz CT molecular complexity index is 1140. The van der Waals surface area contributed by atoms with Crippen LogP contribution in [0.3, 0.4) is 0 Å². The third-order valence-electron chi connectivity index (χ3n) is 6.19. The van der Waals surface area contributed by atoms with Gasteiger partial charge < -0.3 is 32.5 Å². The Morgan fingerprint density at radius 2 is 1.18 bits per heavy atom. The summed E-state index contributed by atoms with van der Waals surface area (Å²) in [7, 11) is 0. The summed E-state index contributed by atoms with van der Waals surface area (Å²) in [6, 6.07) is 13.2. The number of primary amides is 1. The number of carbonyl (C=O) groups is 5. The summed E-state index contributed by atoms with van der Waals surface area (Å²) >= 11 is 0. The van der Waals surface area contributed by atoms with E-state index in [2.05, 4.69) is 16.0 Å². The van der Waals surface area contributed by atoms with Crippen LogP contribution >= 0.6 is 0 Å². The highest BCUT2D eigenvalue weighted by Gasteiger charge is 2.31. The SMILES string of the molecule is CC(C)CC(N)C(=O)NC(Cc1ccccc1)C(=O)NC(CCC(N)=O)C(=O)NC(Cc1ccccc1)C(=O)O. The van der Waals surface area contributed by atoms with E-state index in [-0.39, 0.29) is 31.6 Å². The number of carboxylic acids is 1. The topological polar surface area (TPSA) is 194 Å². The van der Waals surface area contributed by atoms with Crippen LogP contribution in [0.1, 0.15) is 44.2 Å². The molecule has 8 N–H and O–H groups in total. The van der Waals surface area contributed by atoms with Crippen molar-refractivity contribution in [2.24, 2.45) is 17.4 Å². The zero-order valence-corrected chi connectivity index (χ0v) is 22.8. The van der Waals surface area contributed by atoms with E-state index in [4.69, 9.17) is 11.5 Å². The van der Waals surface area contributed by atoms with E-state index in [1.807, 2.05) is 19.9 Å². The van der Waals surface area contributed by atoms with E-state index >= 15 is 0 Å². The average Bonchev–Trinajstić information content (AvgIpc) is 2.90. The molecule has 4 unspecified atom stereocenters. The van der Waals surface area contributed by atoms with Crippen LogP contribution in [0.25, 0.3) is 0 Å². The first-order chi connectivity index (χ1) is 19.0. The first-order valence-electron chi connectivity index (χ1n) is 13.2. The summed E-state index contributed by atoms with van der Waals surface area (Å²) in [4.78, 5) is 62.8. The maximum Gasteiger partial charge on any atom is 0.326 e. The molecule has 11 nitrogen and oxygen atoms in total. The van der Waals surface area contributed by atoms with Gasteiger partial charge in [0.2, 0.25) is 23.6 Å². The maximum atomic E-state index is 13.4. The normalized spacial score (nSPS) is 13.9. The number of hydrogen-bond donors (Lipinski definition) is 6. The molecule has 0 aromatic heterocycles. The number of aliphatic carboxylic acids is 1. The molecule has 216 valence electrons. The molecule has 0 fully saturated rings. The molecular formula is C29H39N5O6. The maximum absolute atomic E-state index is 13.4. The van der Waals surface area contributed by atoms with Crippen LogP contribution in [-0.4, -0.2) is 58.9 Å². The molecule has 4 amide bonds. The number of amides is 4. The summed E-state index contributed by atoms with van der Waals surface area (Å²) in [5, 5.41) is 17.4. The number of benzene rings is 2. The van der Waals surface area contributed by atoms with Gasteiger partial charge >= 0.3 is 5.97 Å². The minimum absolute atomic E-state index is 0.0127. The minimum atomic E-state index is -1.28. The zero-order valence-electron chi connectivity index (χ0n) is 22.8. The Morgan fingerprint density at radius 1 is 0.725 bits per heavy atom. The Hall–Kier alpha value is -4.25. The number of hydrogen-bond acceptors (Lipinski definition) is 6. The van der Waals surface area contributed by atoms with E-state index in [9.17, 15) is 29.1 Å². The summed E-state index contributed by atoms with van der Waals surface area (Å²) in [5.74, 6) is -3.79. The van der Waals surface area contributed by atoms with Gasteiger partial charge in [0.15, 0.2) is 0 Å². The Morgan fingerprint density at radius 3 is 1.65 bits per heavy atom. The lowest BCUT2D eigenvalue weighted by Gasteiger charge is -2.25. The molecule has 0 bridgehead atoms. The molecule has 4 atom stereocenters. The molecular weight excluding hydrogens is 514 g/mol. The molecule has 0 aliphatic rings. The van der Waals surface area contributed by atoms with Crippen molar-refractivity contribution < 1.29 is 29.1 Å². The van der Waals surface area contributed by atoms with Gasteiger partial charge in [-0.05, 0) is 29.9 Å². The van der Waals surface area contributed by atoms with E-state index in [1.165, 1.54) is 0 Å². The summed E-state index contributed by atoms with van der Waals surface area (Å²) in [5.41, 5.74) is 12.7. The molecule has 2 rings (SSSR count). The van der Waals surface area contributed by atoms with Crippen molar-refractivity contribution in [3.8, 4) is 0 Å². The van der Waals surface area contributed by atoms with Crippen molar-refractivity contribution in [1.82, 2.24) is 16.0 Å². The highest BCUT2D eigenvalue weighted by molar-refractivity contribution is 5.94. The largest absolute Gasteiger partial charge is 0.480 e. The third-order valence-corrected chi connectivity index (χ3v) is 6.19.